The summed E-state index contributed by atoms with van der Waals surface area (Å²) in [5, 5.41) is 0. The lowest BCUT2D eigenvalue weighted by Gasteiger charge is -2.39. The molecule has 0 heterocycles. The summed E-state index contributed by atoms with van der Waals surface area (Å²) in [6.07, 6.45) is 6.88. The molecule has 5 aliphatic rings. The topological polar surface area (TPSA) is 34.1 Å². The molecule has 2 heteroatoms. The summed E-state index contributed by atoms with van der Waals surface area (Å²) in [4.78, 5) is 25.6. The monoisotopic (exact) mass is 242 g/mol. The van der Waals surface area contributed by atoms with E-state index < -0.39 is 0 Å². The zero-order valence-electron chi connectivity index (χ0n) is 10.5. The normalized spacial score (nSPS) is 52.2. The van der Waals surface area contributed by atoms with E-state index in [1.165, 1.54) is 18.4 Å². The van der Waals surface area contributed by atoms with Crippen LogP contribution in [0.4, 0.5) is 0 Å². The number of hydrogen-bond donors (Lipinski definition) is 0. The number of allylic oxidation sites excluding steroid dienone is 2. The molecule has 0 amide bonds. The molecule has 6 unspecified atom stereocenters. The Hall–Kier alpha value is -0.920. The van der Waals surface area contributed by atoms with E-state index in [0.717, 1.165) is 31.3 Å². The summed E-state index contributed by atoms with van der Waals surface area (Å²) >= 11 is 0. The highest BCUT2D eigenvalue weighted by Gasteiger charge is 2.62. The fourth-order valence-electron chi connectivity index (χ4n) is 6.03. The minimum atomic E-state index is 0.0434. The van der Waals surface area contributed by atoms with Gasteiger partial charge >= 0.3 is 0 Å². The van der Waals surface area contributed by atoms with Crippen LogP contribution in [0.5, 0.6) is 0 Å². The van der Waals surface area contributed by atoms with E-state index in [9.17, 15) is 9.59 Å². The van der Waals surface area contributed by atoms with Crippen LogP contribution in [0, 0.1) is 35.5 Å². The van der Waals surface area contributed by atoms with Crippen LogP contribution >= 0.6 is 0 Å². The Morgan fingerprint density at radius 2 is 1.67 bits per heavy atom. The Morgan fingerprint density at radius 3 is 2.50 bits per heavy atom. The predicted molar refractivity (Wildman–Crippen MR) is 65.7 cm³/mol. The van der Waals surface area contributed by atoms with Crippen LogP contribution in [0.2, 0.25) is 0 Å². The molecule has 0 aromatic rings. The van der Waals surface area contributed by atoms with Crippen LogP contribution in [-0.4, -0.2) is 11.6 Å². The number of carbonyl (C=O) groups is 2. The van der Waals surface area contributed by atoms with Crippen molar-refractivity contribution in [2.45, 2.75) is 38.5 Å². The fourth-order valence-corrected chi connectivity index (χ4v) is 6.03. The first-order chi connectivity index (χ1) is 8.75. The average Bonchev–Trinajstić information content (AvgIpc) is 3.10. The fraction of sp³-hybridized carbons (Fsp3) is 0.750. The van der Waals surface area contributed by atoms with Crippen LogP contribution in [0.1, 0.15) is 38.5 Å². The minimum absolute atomic E-state index is 0.0434. The molecule has 2 nitrogen and oxygen atoms in total. The zero-order valence-corrected chi connectivity index (χ0v) is 10.5. The summed E-state index contributed by atoms with van der Waals surface area (Å²) in [5.74, 6) is 2.77. The minimum Gasteiger partial charge on any atom is -0.299 e. The van der Waals surface area contributed by atoms with Gasteiger partial charge in [-0.15, -0.1) is 0 Å². The first kappa shape index (κ1) is 9.94. The number of rotatable bonds is 0. The maximum Gasteiger partial charge on any atom is 0.163 e. The Balaban J connectivity index is 1.68. The van der Waals surface area contributed by atoms with Crippen molar-refractivity contribution in [1.82, 2.24) is 0 Å². The summed E-state index contributed by atoms with van der Waals surface area (Å²) in [6.45, 7) is 0. The molecule has 0 N–H and O–H groups in total. The SMILES string of the molecule is O=C1C2=C3CCC(C3)C2C(=O)C2C3CCC(C3)C12. The van der Waals surface area contributed by atoms with Crippen molar-refractivity contribution < 1.29 is 9.59 Å². The van der Waals surface area contributed by atoms with Gasteiger partial charge in [0.2, 0.25) is 0 Å². The Morgan fingerprint density at radius 1 is 0.889 bits per heavy atom. The predicted octanol–water partition coefficient (Wildman–Crippen LogP) is 2.53. The van der Waals surface area contributed by atoms with Gasteiger partial charge in [-0.1, -0.05) is 5.57 Å². The summed E-state index contributed by atoms with van der Waals surface area (Å²) in [7, 11) is 0. The second kappa shape index (κ2) is 2.97. The first-order valence-electron chi connectivity index (χ1n) is 7.55. The van der Waals surface area contributed by atoms with E-state index in [-0.39, 0.29) is 17.8 Å². The highest BCUT2D eigenvalue weighted by molar-refractivity contribution is 6.11. The number of hydrogen-bond acceptors (Lipinski definition) is 2. The molecule has 0 spiro atoms. The van der Waals surface area contributed by atoms with Crippen LogP contribution < -0.4 is 0 Å². The highest BCUT2D eigenvalue weighted by Crippen LogP contribution is 2.61. The van der Waals surface area contributed by atoms with Crippen LogP contribution in [0.15, 0.2) is 11.1 Å². The standard InChI is InChI=1S/C16H18O2/c17-15-11-7-1-2-8(5-7)12(11)16(18)14-10-4-3-9(6-10)13(14)15/h7-9,11-13H,1-6H2. The summed E-state index contributed by atoms with van der Waals surface area (Å²) in [5.41, 5.74) is 2.38. The number of fused-ring (bicyclic) bond motifs is 9. The first-order valence-corrected chi connectivity index (χ1v) is 7.55. The second-order valence-electron chi connectivity index (χ2n) is 7.15. The molecule has 6 atom stereocenters. The molecular weight excluding hydrogens is 224 g/mol. The van der Waals surface area contributed by atoms with Crippen LogP contribution in [0.25, 0.3) is 0 Å². The van der Waals surface area contributed by atoms with Crippen LogP contribution in [0.3, 0.4) is 0 Å². The zero-order chi connectivity index (χ0) is 12.0. The van der Waals surface area contributed by atoms with Crippen molar-refractivity contribution in [3.05, 3.63) is 11.1 Å². The molecule has 0 aromatic heterocycles. The third kappa shape index (κ3) is 0.918. The molecule has 0 radical (unpaired) electrons. The average molecular weight is 242 g/mol. The lowest BCUT2D eigenvalue weighted by Crippen LogP contribution is -2.47. The Bertz CT molecular complexity index is 515. The van der Waals surface area contributed by atoms with Crippen molar-refractivity contribution in [2.75, 3.05) is 0 Å². The van der Waals surface area contributed by atoms with E-state index in [0.29, 0.717) is 29.3 Å². The van der Waals surface area contributed by atoms with Gasteiger partial charge in [0.1, 0.15) is 5.78 Å². The maximum atomic E-state index is 12.8. The quantitative estimate of drug-likeness (QED) is 0.654. The Labute approximate surface area is 107 Å². The van der Waals surface area contributed by atoms with Gasteiger partial charge in [-0.2, -0.15) is 0 Å². The molecule has 5 aliphatic carbocycles. The number of ketones is 2. The van der Waals surface area contributed by atoms with Crippen molar-refractivity contribution >= 4 is 11.6 Å². The molecule has 0 aromatic carbocycles. The van der Waals surface area contributed by atoms with E-state index >= 15 is 0 Å². The number of Topliss-reactive ketones (excluding diaryl/α,β-unsaturated/α-hetero) is 2. The molecule has 0 saturated heterocycles. The highest BCUT2D eigenvalue weighted by atomic mass is 16.1. The largest absolute Gasteiger partial charge is 0.299 e. The Kier molecular flexibility index (Phi) is 1.64. The third-order valence-corrected chi connectivity index (χ3v) is 6.61. The van der Waals surface area contributed by atoms with Crippen molar-refractivity contribution in [3.63, 3.8) is 0 Å². The molecule has 94 valence electrons. The molecule has 4 saturated carbocycles. The van der Waals surface area contributed by atoms with Gasteiger partial charge in [0, 0.05) is 23.3 Å². The second-order valence-corrected chi connectivity index (χ2v) is 7.15. The molecule has 18 heavy (non-hydrogen) atoms. The van der Waals surface area contributed by atoms with E-state index in [1.807, 2.05) is 0 Å². The van der Waals surface area contributed by atoms with E-state index in [1.54, 1.807) is 0 Å². The van der Waals surface area contributed by atoms with E-state index in [4.69, 9.17) is 0 Å². The van der Waals surface area contributed by atoms with E-state index in [2.05, 4.69) is 0 Å². The van der Waals surface area contributed by atoms with Crippen molar-refractivity contribution in [2.24, 2.45) is 35.5 Å². The van der Waals surface area contributed by atoms with Gasteiger partial charge < -0.3 is 0 Å². The van der Waals surface area contributed by atoms with Gasteiger partial charge in [-0.05, 0) is 56.3 Å². The van der Waals surface area contributed by atoms with Crippen molar-refractivity contribution in [1.29, 1.82) is 0 Å². The molecule has 4 fully saturated rings. The summed E-state index contributed by atoms with van der Waals surface area (Å²) < 4.78 is 0. The molecular formula is C16H18O2. The van der Waals surface area contributed by atoms with Crippen molar-refractivity contribution in [3.8, 4) is 0 Å². The van der Waals surface area contributed by atoms with Gasteiger partial charge in [-0.3, -0.25) is 9.59 Å². The molecule has 4 bridgehead atoms. The molecule has 0 aliphatic heterocycles. The smallest absolute Gasteiger partial charge is 0.163 e. The lowest BCUT2D eigenvalue weighted by molar-refractivity contribution is -0.140. The van der Waals surface area contributed by atoms with Gasteiger partial charge in [0.15, 0.2) is 5.78 Å². The molecule has 5 rings (SSSR count). The van der Waals surface area contributed by atoms with Gasteiger partial charge in [0.05, 0.1) is 0 Å². The van der Waals surface area contributed by atoms with Gasteiger partial charge in [0.25, 0.3) is 0 Å². The number of carbonyl (C=O) groups excluding carboxylic acids is 2. The maximum absolute atomic E-state index is 12.8. The van der Waals surface area contributed by atoms with Crippen LogP contribution in [-0.2, 0) is 9.59 Å². The lowest BCUT2D eigenvalue weighted by atomic mass is 9.62. The third-order valence-electron chi connectivity index (χ3n) is 6.61. The van der Waals surface area contributed by atoms with Gasteiger partial charge in [-0.25, -0.2) is 0 Å². The summed E-state index contributed by atoms with van der Waals surface area (Å²) in [6, 6.07) is 0.